The molecule has 1 aromatic rings. The second-order valence-electron chi connectivity index (χ2n) is 7.55. The first-order chi connectivity index (χ1) is 10.2. The van der Waals surface area contributed by atoms with Crippen molar-refractivity contribution >= 4 is 11.6 Å². The van der Waals surface area contributed by atoms with E-state index >= 15 is 0 Å². The van der Waals surface area contributed by atoms with E-state index in [-0.39, 0.29) is 23.4 Å². The Balaban J connectivity index is 2.61. The van der Waals surface area contributed by atoms with Crippen molar-refractivity contribution in [2.24, 2.45) is 11.8 Å². The van der Waals surface area contributed by atoms with Gasteiger partial charge in [0.1, 0.15) is 6.04 Å². The second-order valence-corrected chi connectivity index (χ2v) is 7.55. The molecule has 0 saturated carbocycles. The molecule has 0 unspecified atom stereocenters. The van der Waals surface area contributed by atoms with Gasteiger partial charge in [-0.25, -0.2) is 5.84 Å². The average molecular weight is 303 g/mol. The van der Waals surface area contributed by atoms with Crippen LogP contribution in [-0.2, 0) is 4.79 Å². The van der Waals surface area contributed by atoms with Crippen LogP contribution in [0.3, 0.4) is 0 Å². The fraction of sp³-hybridized carbons (Fsp3) is 0.611. The molecule has 0 aliphatic carbocycles. The van der Waals surface area contributed by atoms with E-state index in [1.165, 1.54) is 11.1 Å². The van der Waals surface area contributed by atoms with Crippen LogP contribution in [0.1, 0.15) is 58.1 Å². The van der Waals surface area contributed by atoms with Gasteiger partial charge >= 0.3 is 0 Å². The molecule has 1 aliphatic heterocycles. The molecule has 0 bridgehead atoms. The summed E-state index contributed by atoms with van der Waals surface area (Å²) in [7, 11) is 0. The maximum atomic E-state index is 12.4. The number of nitrogens with one attached hydrogen (secondary N) is 1. The van der Waals surface area contributed by atoms with Crippen LogP contribution in [0, 0.1) is 12.8 Å². The zero-order valence-corrected chi connectivity index (χ0v) is 14.6. The highest BCUT2D eigenvalue weighted by Gasteiger charge is 2.43. The first-order valence-electron chi connectivity index (χ1n) is 8.09. The highest BCUT2D eigenvalue weighted by atomic mass is 16.2. The predicted molar refractivity (Wildman–Crippen MR) is 91.7 cm³/mol. The van der Waals surface area contributed by atoms with Crippen LogP contribution in [0.4, 0.5) is 5.69 Å². The number of nitrogens with zero attached hydrogens (tertiary/aromatic N) is 1. The number of amides is 1. The number of benzene rings is 1. The third-order valence-electron chi connectivity index (χ3n) is 4.75. The molecule has 4 nitrogen and oxygen atoms in total. The zero-order valence-electron chi connectivity index (χ0n) is 14.6. The van der Waals surface area contributed by atoms with Crippen LogP contribution in [0.25, 0.3) is 0 Å². The Morgan fingerprint density at radius 2 is 2.05 bits per heavy atom. The number of anilines is 1. The molecule has 22 heavy (non-hydrogen) atoms. The third-order valence-corrected chi connectivity index (χ3v) is 4.75. The van der Waals surface area contributed by atoms with E-state index in [1.807, 2.05) is 0 Å². The third kappa shape index (κ3) is 2.84. The molecule has 0 radical (unpaired) electrons. The number of rotatable bonds is 3. The van der Waals surface area contributed by atoms with E-state index in [4.69, 9.17) is 5.84 Å². The number of hydrogen-bond acceptors (Lipinski definition) is 3. The van der Waals surface area contributed by atoms with Crippen molar-refractivity contribution in [1.29, 1.82) is 0 Å². The predicted octanol–water partition coefficient (Wildman–Crippen LogP) is 3.10. The Hall–Kier alpha value is -1.55. The van der Waals surface area contributed by atoms with Crippen molar-refractivity contribution in [2.45, 2.75) is 65.5 Å². The lowest BCUT2D eigenvalue weighted by molar-refractivity contribution is -0.123. The smallest absolute Gasteiger partial charge is 0.256 e. The van der Waals surface area contributed by atoms with Gasteiger partial charge < -0.3 is 4.90 Å². The van der Waals surface area contributed by atoms with E-state index in [2.05, 4.69) is 70.1 Å². The van der Waals surface area contributed by atoms with Gasteiger partial charge in [-0.1, -0.05) is 38.5 Å². The Morgan fingerprint density at radius 1 is 1.41 bits per heavy atom. The van der Waals surface area contributed by atoms with Gasteiger partial charge in [0, 0.05) is 11.2 Å². The van der Waals surface area contributed by atoms with Gasteiger partial charge in [-0.15, -0.1) is 0 Å². The quantitative estimate of drug-likeness (QED) is 0.512. The number of aryl methyl sites for hydroxylation is 1. The van der Waals surface area contributed by atoms with Gasteiger partial charge in [0.15, 0.2) is 0 Å². The number of hydrogen-bond donors (Lipinski definition) is 2. The molecule has 2 rings (SSSR count). The summed E-state index contributed by atoms with van der Waals surface area (Å²) in [5.41, 5.74) is 6.01. The Kier molecular flexibility index (Phi) is 4.52. The Bertz CT molecular complexity index is 565. The molecule has 0 fully saturated rings. The van der Waals surface area contributed by atoms with Gasteiger partial charge in [0.2, 0.25) is 0 Å². The van der Waals surface area contributed by atoms with E-state index in [0.717, 1.165) is 12.1 Å². The molecule has 3 N–H and O–H groups in total. The van der Waals surface area contributed by atoms with Gasteiger partial charge in [0.05, 0.1) is 0 Å². The van der Waals surface area contributed by atoms with Crippen LogP contribution in [0.15, 0.2) is 18.2 Å². The fourth-order valence-electron chi connectivity index (χ4n) is 3.90. The number of fused-ring (bicyclic) bond motifs is 1. The minimum Gasteiger partial charge on any atom is -0.354 e. The molecule has 1 aromatic carbocycles. The number of carbonyl (C=O) groups is 1. The maximum Gasteiger partial charge on any atom is 0.256 e. The Morgan fingerprint density at radius 3 is 2.59 bits per heavy atom. The zero-order chi connectivity index (χ0) is 16.7. The number of hydrazine groups is 1. The van der Waals surface area contributed by atoms with Crippen molar-refractivity contribution < 1.29 is 4.79 Å². The van der Waals surface area contributed by atoms with Gasteiger partial charge in [-0.05, 0) is 50.7 Å². The summed E-state index contributed by atoms with van der Waals surface area (Å²) < 4.78 is 0. The molecular weight excluding hydrogens is 274 g/mol. The van der Waals surface area contributed by atoms with Gasteiger partial charge in [-0.2, -0.15) is 0 Å². The lowest BCUT2D eigenvalue weighted by atomic mass is 9.77. The summed E-state index contributed by atoms with van der Waals surface area (Å²) in [5.74, 6) is 5.98. The van der Waals surface area contributed by atoms with Crippen molar-refractivity contribution in [1.82, 2.24) is 5.43 Å². The molecule has 1 aliphatic rings. The fourth-order valence-corrected chi connectivity index (χ4v) is 3.90. The molecule has 0 spiro atoms. The van der Waals surface area contributed by atoms with E-state index in [0.29, 0.717) is 5.92 Å². The van der Waals surface area contributed by atoms with Crippen molar-refractivity contribution in [3.8, 4) is 0 Å². The summed E-state index contributed by atoms with van der Waals surface area (Å²) in [6, 6.07) is 6.26. The lowest BCUT2D eigenvalue weighted by Gasteiger charge is -2.51. The topological polar surface area (TPSA) is 58.4 Å². The largest absolute Gasteiger partial charge is 0.354 e. The number of nitrogens with two attached hydrogens (primary N) is 1. The van der Waals surface area contributed by atoms with Crippen molar-refractivity contribution in [3.05, 3.63) is 29.3 Å². The molecule has 4 heteroatoms. The summed E-state index contributed by atoms with van der Waals surface area (Å²) >= 11 is 0. The minimum absolute atomic E-state index is 0.0941. The van der Waals surface area contributed by atoms with E-state index in [1.54, 1.807) is 0 Å². The average Bonchev–Trinajstić information content (AvgIpc) is 2.42. The van der Waals surface area contributed by atoms with Crippen molar-refractivity contribution in [2.75, 3.05) is 4.90 Å². The molecule has 1 heterocycles. The van der Waals surface area contributed by atoms with E-state index < -0.39 is 0 Å². The van der Waals surface area contributed by atoms with Crippen LogP contribution >= 0.6 is 0 Å². The number of carbonyl (C=O) groups excluding carboxylic acids is 1. The van der Waals surface area contributed by atoms with Crippen LogP contribution < -0.4 is 16.2 Å². The molecular formula is C18H29N3O. The SMILES string of the molecule is Cc1ccc2c(c1)[C@@H](C)CC(C)(C)N2[C@H](C(=O)NN)C(C)C. The van der Waals surface area contributed by atoms with Gasteiger partial charge in [-0.3, -0.25) is 10.2 Å². The lowest BCUT2D eigenvalue weighted by Crippen LogP contribution is -2.61. The monoisotopic (exact) mass is 303 g/mol. The van der Waals surface area contributed by atoms with Crippen molar-refractivity contribution in [3.63, 3.8) is 0 Å². The first-order valence-corrected chi connectivity index (χ1v) is 8.09. The summed E-state index contributed by atoms with van der Waals surface area (Å²) in [5, 5.41) is 0. The Labute approximate surface area is 134 Å². The van der Waals surface area contributed by atoms with Crippen LogP contribution in [-0.4, -0.2) is 17.5 Å². The second kappa shape index (κ2) is 5.92. The first kappa shape index (κ1) is 16.8. The highest BCUT2D eigenvalue weighted by molar-refractivity contribution is 5.86. The molecule has 1 amide bonds. The summed E-state index contributed by atoms with van der Waals surface area (Å²) in [6.07, 6.45) is 1.02. The minimum atomic E-state index is -0.269. The van der Waals surface area contributed by atoms with Crippen LogP contribution in [0.2, 0.25) is 0 Å². The van der Waals surface area contributed by atoms with Crippen LogP contribution in [0.5, 0.6) is 0 Å². The maximum absolute atomic E-state index is 12.4. The van der Waals surface area contributed by atoms with E-state index in [9.17, 15) is 4.79 Å². The highest BCUT2D eigenvalue weighted by Crippen LogP contribution is 2.45. The summed E-state index contributed by atoms with van der Waals surface area (Å²) in [4.78, 5) is 14.7. The molecule has 0 aromatic heterocycles. The standard InChI is InChI=1S/C18H29N3O/c1-11(2)16(17(22)20-19)21-15-8-7-12(3)9-14(15)13(4)10-18(21,5)6/h7-9,11,13,16H,10,19H2,1-6H3,(H,20,22)/t13-,16-/m0/s1. The molecule has 0 saturated heterocycles. The molecule has 122 valence electrons. The normalized spacial score (nSPS) is 21.5. The summed E-state index contributed by atoms with van der Waals surface area (Å²) in [6.45, 7) is 13.0. The molecule has 2 atom stereocenters. The van der Waals surface area contributed by atoms with Gasteiger partial charge in [0.25, 0.3) is 5.91 Å².